The second-order valence-corrected chi connectivity index (χ2v) is 4.01. The zero-order valence-corrected chi connectivity index (χ0v) is 9.38. The van der Waals surface area contributed by atoms with E-state index in [1.54, 1.807) is 18.3 Å². The number of aromatic hydroxyl groups is 1. The first-order valence-corrected chi connectivity index (χ1v) is 5.46. The summed E-state index contributed by atoms with van der Waals surface area (Å²) in [5.74, 6) is 0.723. The predicted octanol–water partition coefficient (Wildman–Crippen LogP) is 2.26. The summed E-state index contributed by atoms with van der Waals surface area (Å²) in [7, 11) is 0. The molecule has 2 aromatic heterocycles. The lowest BCUT2D eigenvalue weighted by Crippen LogP contribution is -1.89. The number of fused-ring (bicyclic) bond motifs is 1. The lowest BCUT2D eigenvalue weighted by molar-refractivity contribution is 0.112. The van der Waals surface area contributed by atoms with E-state index in [4.69, 9.17) is 4.52 Å². The third-order valence-electron chi connectivity index (χ3n) is 2.93. The summed E-state index contributed by atoms with van der Waals surface area (Å²) in [4.78, 5) is 13.8. The number of aromatic nitrogens is 2. The fourth-order valence-electron chi connectivity index (χ4n) is 2.02. The van der Waals surface area contributed by atoms with Crippen molar-refractivity contribution < 1.29 is 14.4 Å². The van der Waals surface area contributed by atoms with Crippen molar-refractivity contribution in [1.82, 2.24) is 10.1 Å². The van der Waals surface area contributed by atoms with Crippen LogP contribution in [0.3, 0.4) is 0 Å². The molecule has 2 heterocycles. The van der Waals surface area contributed by atoms with Crippen LogP contribution in [-0.4, -0.2) is 21.5 Å². The van der Waals surface area contributed by atoms with Crippen LogP contribution < -0.4 is 0 Å². The number of nitrogens with one attached hydrogen (secondary N) is 1. The van der Waals surface area contributed by atoms with Crippen molar-refractivity contribution in [2.75, 3.05) is 0 Å². The van der Waals surface area contributed by atoms with Crippen molar-refractivity contribution in [1.29, 1.82) is 0 Å². The van der Waals surface area contributed by atoms with E-state index in [0.717, 1.165) is 17.2 Å². The minimum absolute atomic E-state index is 0.201. The highest BCUT2D eigenvalue weighted by molar-refractivity contribution is 5.88. The molecule has 0 fully saturated rings. The summed E-state index contributed by atoms with van der Waals surface area (Å²) in [6.45, 7) is 0. The number of phenolic OH excluding ortho intramolecular Hbond substituents is 1. The number of rotatable bonds is 3. The molecule has 0 aliphatic heterocycles. The first-order chi connectivity index (χ1) is 8.79. The van der Waals surface area contributed by atoms with E-state index in [9.17, 15) is 9.90 Å². The highest BCUT2D eigenvalue weighted by atomic mass is 16.5. The van der Waals surface area contributed by atoms with Crippen LogP contribution in [0.25, 0.3) is 10.9 Å². The molecule has 0 radical (unpaired) electrons. The Kier molecular flexibility index (Phi) is 2.37. The van der Waals surface area contributed by atoms with Crippen molar-refractivity contribution in [3.63, 3.8) is 0 Å². The van der Waals surface area contributed by atoms with Crippen LogP contribution in [0, 0.1) is 0 Å². The van der Waals surface area contributed by atoms with E-state index in [1.807, 2.05) is 6.07 Å². The van der Waals surface area contributed by atoms with E-state index < -0.39 is 0 Å². The highest BCUT2D eigenvalue weighted by Gasteiger charge is 2.12. The topological polar surface area (TPSA) is 79.1 Å². The molecule has 5 nitrogen and oxygen atoms in total. The van der Waals surface area contributed by atoms with Gasteiger partial charge in [-0.1, -0.05) is 17.3 Å². The van der Waals surface area contributed by atoms with Gasteiger partial charge < -0.3 is 14.6 Å². The average Bonchev–Trinajstić information content (AvgIpc) is 2.98. The molecule has 0 aliphatic carbocycles. The van der Waals surface area contributed by atoms with Crippen LogP contribution in [0.4, 0.5) is 0 Å². The lowest BCUT2D eigenvalue weighted by atomic mass is 10.1. The van der Waals surface area contributed by atoms with Gasteiger partial charge in [-0.15, -0.1) is 0 Å². The van der Waals surface area contributed by atoms with Gasteiger partial charge in [-0.2, -0.15) is 0 Å². The Bertz CT molecular complexity index is 712. The van der Waals surface area contributed by atoms with E-state index in [1.165, 1.54) is 6.20 Å². The number of phenols is 1. The van der Waals surface area contributed by atoms with Gasteiger partial charge in [-0.3, -0.25) is 4.79 Å². The van der Waals surface area contributed by atoms with Gasteiger partial charge in [0.15, 0.2) is 12.0 Å². The summed E-state index contributed by atoms with van der Waals surface area (Å²) in [6.07, 6.45) is 4.37. The summed E-state index contributed by atoms with van der Waals surface area (Å²) < 4.78 is 5.05. The van der Waals surface area contributed by atoms with E-state index >= 15 is 0 Å². The van der Waals surface area contributed by atoms with Crippen molar-refractivity contribution in [2.24, 2.45) is 0 Å². The first-order valence-electron chi connectivity index (χ1n) is 5.46. The zero-order chi connectivity index (χ0) is 12.5. The maximum atomic E-state index is 10.8. The quantitative estimate of drug-likeness (QED) is 0.690. The SMILES string of the molecule is O=Cc1cnoc1Cc1c[nH]c2c(O)cccc12. The maximum absolute atomic E-state index is 10.8. The van der Waals surface area contributed by atoms with Crippen LogP contribution in [-0.2, 0) is 6.42 Å². The molecule has 5 heteroatoms. The molecule has 0 saturated heterocycles. The maximum Gasteiger partial charge on any atom is 0.155 e. The van der Waals surface area contributed by atoms with Crippen LogP contribution in [0.2, 0.25) is 0 Å². The van der Waals surface area contributed by atoms with Gasteiger partial charge in [0, 0.05) is 18.0 Å². The number of benzene rings is 1. The molecule has 0 aliphatic rings. The molecule has 3 rings (SSSR count). The number of hydrogen-bond donors (Lipinski definition) is 2. The average molecular weight is 242 g/mol. The molecular weight excluding hydrogens is 232 g/mol. The number of hydrogen-bond acceptors (Lipinski definition) is 4. The predicted molar refractivity (Wildman–Crippen MR) is 64.7 cm³/mol. The second kappa shape index (κ2) is 4.03. The minimum atomic E-state index is 0.201. The summed E-state index contributed by atoms with van der Waals surface area (Å²) in [5, 5.41) is 14.2. The fourth-order valence-corrected chi connectivity index (χ4v) is 2.02. The fraction of sp³-hybridized carbons (Fsp3) is 0.0769. The van der Waals surface area contributed by atoms with E-state index in [-0.39, 0.29) is 5.75 Å². The Balaban J connectivity index is 2.06. The van der Waals surface area contributed by atoms with Gasteiger partial charge in [0.2, 0.25) is 0 Å². The van der Waals surface area contributed by atoms with Gasteiger partial charge in [0.05, 0.1) is 17.3 Å². The molecule has 90 valence electrons. The summed E-state index contributed by atoms with van der Waals surface area (Å²) >= 11 is 0. The second-order valence-electron chi connectivity index (χ2n) is 4.01. The number of aromatic amines is 1. The molecule has 0 spiro atoms. The van der Waals surface area contributed by atoms with E-state index in [0.29, 0.717) is 23.3 Å². The number of H-pyrrole nitrogens is 1. The third-order valence-corrected chi connectivity index (χ3v) is 2.93. The Morgan fingerprint density at radius 1 is 1.44 bits per heavy atom. The Hall–Kier alpha value is -2.56. The lowest BCUT2D eigenvalue weighted by Gasteiger charge is -1.97. The number of nitrogens with zero attached hydrogens (tertiary/aromatic N) is 1. The Labute approximate surface area is 102 Å². The monoisotopic (exact) mass is 242 g/mol. The molecular formula is C13H10N2O3. The molecule has 0 bridgehead atoms. The Morgan fingerprint density at radius 2 is 2.33 bits per heavy atom. The number of para-hydroxylation sites is 1. The van der Waals surface area contributed by atoms with E-state index in [2.05, 4.69) is 10.1 Å². The molecule has 0 amide bonds. The van der Waals surface area contributed by atoms with Crippen molar-refractivity contribution >= 4 is 17.2 Å². The van der Waals surface area contributed by atoms with Crippen molar-refractivity contribution in [2.45, 2.75) is 6.42 Å². The molecule has 0 saturated carbocycles. The zero-order valence-electron chi connectivity index (χ0n) is 9.38. The number of carbonyl (C=O) groups excluding carboxylic acids is 1. The van der Waals surface area contributed by atoms with Crippen LogP contribution in [0.1, 0.15) is 21.7 Å². The highest BCUT2D eigenvalue weighted by Crippen LogP contribution is 2.27. The van der Waals surface area contributed by atoms with Crippen LogP contribution in [0.15, 0.2) is 35.1 Å². The number of carbonyl (C=O) groups is 1. The molecule has 1 aromatic carbocycles. The Morgan fingerprint density at radius 3 is 3.17 bits per heavy atom. The van der Waals surface area contributed by atoms with Gasteiger partial charge in [0.25, 0.3) is 0 Å². The molecule has 3 aromatic rings. The van der Waals surface area contributed by atoms with Gasteiger partial charge in [0.1, 0.15) is 5.75 Å². The van der Waals surface area contributed by atoms with Crippen molar-refractivity contribution in [3.05, 3.63) is 47.5 Å². The molecule has 0 atom stereocenters. The largest absolute Gasteiger partial charge is 0.506 e. The summed E-state index contributed by atoms with van der Waals surface area (Å²) in [5.41, 5.74) is 2.07. The molecule has 2 N–H and O–H groups in total. The molecule has 18 heavy (non-hydrogen) atoms. The van der Waals surface area contributed by atoms with Gasteiger partial charge in [-0.05, 0) is 11.6 Å². The standard InChI is InChI=1S/C13H10N2O3/c16-7-9-6-15-18-12(9)4-8-5-14-13-10(8)2-1-3-11(13)17/h1-3,5-7,14,17H,4H2. The van der Waals surface area contributed by atoms with Crippen LogP contribution in [0.5, 0.6) is 5.75 Å². The molecule has 0 unspecified atom stereocenters. The smallest absolute Gasteiger partial charge is 0.155 e. The van der Waals surface area contributed by atoms with Crippen LogP contribution >= 0.6 is 0 Å². The van der Waals surface area contributed by atoms with Gasteiger partial charge in [-0.25, -0.2) is 0 Å². The van der Waals surface area contributed by atoms with Gasteiger partial charge >= 0.3 is 0 Å². The number of aldehydes is 1. The minimum Gasteiger partial charge on any atom is -0.506 e. The summed E-state index contributed by atoms with van der Waals surface area (Å²) in [6, 6.07) is 5.29. The first kappa shape index (κ1) is 10.6. The van der Waals surface area contributed by atoms with Crippen molar-refractivity contribution in [3.8, 4) is 5.75 Å². The normalized spacial score (nSPS) is 10.9. The third kappa shape index (κ3) is 1.57.